The van der Waals surface area contributed by atoms with Crippen molar-refractivity contribution in [3.63, 3.8) is 0 Å². The minimum absolute atomic E-state index is 0.164. The van der Waals surface area contributed by atoms with Gasteiger partial charge in [-0.1, -0.05) is 13.8 Å². The normalized spacial score (nSPS) is 25.2. The van der Waals surface area contributed by atoms with Crippen LogP contribution in [0.3, 0.4) is 0 Å². The molecule has 120 valence electrons. The van der Waals surface area contributed by atoms with Crippen LogP contribution in [-0.2, 0) is 14.3 Å². The Kier molecular flexibility index (Phi) is 4.24. The Bertz CT molecular complexity index is 612. The van der Waals surface area contributed by atoms with E-state index in [9.17, 15) is 9.59 Å². The molecular weight excluding hydrogens is 282 g/mol. The average molecular weight is 305 g/mol. The van der Waals surface area contributed by atoms with Crippen molar-refractivity contribution in [2.75, 3.05) is 20.7 Å². The smallest absolute Gasteiger partial charge is 0.357 e. The van der Waals surface area contributed by atoms with Gasteiger partial charge in [0.2, 0.25) is 0 Å². The van der Waals surface area contributed by atoms with Gasteiger partial charge in [-0.15, -0.1) is 0 Å². The van der Waals surface area contributed by atoms with Crippen LogP contribution in [0.1, 0.15) is 27.2 Å². The van der Waals surface area contributed by atoms with Crippen molar-refractivity contribution in [3.05, 3.63) is 23.0 Å². The number of ketones is 1. The van der Waals surface area contributed by atoms with Crippen LogP contribution in [0.5, 0.6) is 0 Å². The third-order valence-electron chi connectivity index (χ3n) is 3.91. The molecule has 1 aliphatic heterocycles. The van der Waals surface area contributed by atoms with Gasteiger partial charge < -0.3 is 15.4 Å². The molecule has 1 aliphatic carbocycles. The number of carbonyl (C=O) groups is 2. The quantitative estimate of drug-likeness (QED) is 0.787. The van der Waals surface area contributed by atoms with Crippen LogP contribution in [0, 0.1) is 5.41 Å². The molecule has 0 saturated heterocycles. The van der Waals surface area contributed by atoms with E-state index in [0.29, 0.717) is 23.3 Å². The number of hydrogen-bond donors (Lipinski definition) is 1. The second-order valence-electron chi connectivity index (χ2n) is 6.52. The van der Waals surface area contributed by atoms with E-state index in [0.717, 1.165) is 0 Å². The van der Waals surface area contributed by atoms with Gasteiger partial charge in [0.05, 0.1) is 23.9 Å². The molecule has 1 heterocycles. The minimum Gasteiger partial charge on any atom is -0.461 e. The van der Waals surface area contributed by atoms with Crippen LogP contribution in [0.4, 0.5) is 0 Å². The molecule has 0 amide bonds. The summed E-state index contributed by atoms with van der Waals surface area (Å²) >= 11 is 0. The van der Waals surface area contributed by atoms with Crippen LogP contribution in [0.25, 0.3) is 0 Å². The molecule has 1 atom stereocenters. The van der Waals surface area contributed by atoms with Gasteiger partial charge >= 0.3 is 5.97 Å². The first-order valence-corrected chi connectivity index (χ1v) is 7.36. The van der Waals surface area contributed by atoms with Crippen molar-refractivity contribution in [1.82, 2.24) is 4.90 Å². The average Bonchev–Trinajstić information content (AvgIpc) is 2.73. The number of esters is 1. The molecule has 0 radical (unpaired) electrons. The highest BCUT2D eigenvalue weighted by molar-refractivity contribution is 6.47. The van der Waals surface area contributed by atoms with E-state index in [1.165, 1.54) is 0 Å². The number of rotatable bonds is 3. The molecule has 0 aromatic rings. The van der Waals surface area contributed by atoms with Crippen LogP contribution >= 0.6 is 0 Å². The Morgan fingerprint density at radius 2 is 2.14 bits per heavy atom. The lowest BCUT2D eigenvalue weighted by atomic mass is 9.71. The number of hydrogen-bond acceptors (Lipinski definition) is 6. The summed E-state index contributed by atoms with van der Waals surface area (Å²) in [6.45, 7) is 5.87. The maximum atomic E-state index is 12.7. The Morgan fingerprint density at radius 3 is 2.68 bits per heavy atom. The summed E-state index contributed by atoms with van der Waals surface area (Å²) in [7, 11) is 3.65. The van der Waals surface area contributed by atoms with E-state index in [-0.39, 0.29) is 23.5 Å². The first-order chi connectivity index (χ1) is 10.2. The Morgan fingerprint density at radius 1 is 1.50 bits per heavy atom. The fraction of sp³-hybridized carbons (Fsp3) is 0.562. The summed E-state index contributed by atoms with van der Waals surface area (Å²) in [4.78, 5) is 31.0. The zero-order valence-electron chi connectivity index (χ0n) is 13.8. The van der Waals surface area contributed by atoms with Crippen molar-refractivity contribution in [3.8, 4) is 0 Å². The Balaban J connectivity index is 2.52. The first-order valence-electron chi connectivity index (χ1n) is 7.36. The first kappa shape index (κ1) is 16.4. The summed E-state index contributed by atoms with van der Waals surface area (Å²) in [5.41, 5.74) is 7.51. The molecule has 0 fully saturated rings. The lowest BCUT2D eigenvalue weighted by Crippen LogP contribution is -2.47. The standard InChI is InChI=1S/C16H23N3O3/c1-6-22-15(21)12-9(8-19(4)5)11-10(18-12)7-16(2,3)14(17)13(11)20/h8,14H,6-7,17H2,1-5H3. The zero-order valence-corrected chi connectivity index (χ0v) is 13.8. The maximum Gasteiger partial charge on any atom is 0.357 e. The van der Waals surface area contributed by atoms with E-state index < -0.39 is 12.0 Å². The number of nitrogens with zero attached hydrogens (tertiary/aromatic N) is 2. The van der Waals surface area contributed by atoms with Crippen molar-refractivity contribution in [1.29, 1.82) is 0 Å². The van der Waals surface area contributed by atoms with Gasteiger partial charge in [0.1, 0.15) is 0 Å². The Labute approximate surface area is 130 Å². The lowest BCUT2D eigenvalue weighted by Gasteiger charge is -2.35. The van der Waals surface area contributed by atoms with E-state index in [4.69, 9.17) is 10.5 Å². The summed E-state index contributed by atoms with van der Waals surface area (Å²) in [5.74, 6) is -0.674. The monoisotopic (exact) mass is 305 g/mol. The fourth-order valence-corrected chi connectivity index (χ4v) is 2.72. The largest absolute Gasteiger partial charge is 0.461 e. The molecule has 0 aromatic heterocycles. The number of Topliss-reactive ketones (excluding diaryl/α,β-unsaturated/α-hetero) is 1. The van der Waals surface area contributed by atoms with Gasteiger partial charge in [0, 0.05) is 25.9 Å². The van der Waals surface area contributed by atoms with E-state index >= 15 is 0 Å². The van der Waals surface area contributed by atoms with Crippen LogP contribution in [0.15, 0.2) is 28.0 Å². The molecule has 0 aromatic carbocycles. The number of carbonyl (C=O) groups excluding carboxylic acids is 2. The van der Waals surface area contributed by atoms with E-state index in [1.807, 2.05) is 27.9 Å². The fourth-order valence-electron chi connectivity index (χ4n) is 2.72. The zero-order chi connectivity index (χ0) is 16.7. The summed E-state index contributed by atoms with van der Waals surface area (Å²) in [5, 5.41) is 0. The van der Waals surface area contributed by atoms with Crippen molar-refractivity contribution < 1.29 is 14.3 Å². The molecule has 0 spiro atoms. The summed E-state index contributed by atoms with van der Waals surface area (Å²) in [6, 6.07) is -0.603. The number of aliphatic imine (C=N–C) groups is 1. The highest BCUT2D eigenvalue weighted by Gasteiger charge is 2.45. The summed E-state index contributed by atoms with van der Waals surface area (Å²) < 4.78 is 5.06. The topological polar surface area (TPSA) is 85.0 Å². The van der Waals surface area contributed by atoms with Crippen LogP contribution in [-0.4, -0.2) is 49.1 Å². The third-order valence-corrected chi connectivity index (χ3v) is 3.91. The molecule has 2 aliphatic rings. The SMILES string of the molecule is CCOC(=O)C1=NC2=C(C(=O)C(N)C(C)(C)C2)C1=CN(C)C. The molecule has 6 nitrogen and oxygen atoms in total. The molecule has 22 heavy (non-hydrogen) atoms. The van der Waals surface area contributed by atoms with E-state index in [1.54, 1.807) is 18.0 Å². The van der Waals surface area contributed by atoms with Gasteiger partial charge in [-0.2, -0.15) is 0 Å². The van der Waals surface area contributed by atoms with Crippen molar-refractivity contribution >= 4 is 17.5 Å². The van der Waals surface area contributed by atoms with Gasteiger partial charge in [0.15, 0.2) is 11.5 Å². The number of nitrogens with two attached hydrogens (primary N) is 1. The minimum atomic E-state index is -0.603. The lowest BCUT2D eigenvalue weighted by molar-refractivity contribution is -0.134. The van der Waals surface area contributed by atoms with Crippen molar-refractivity contribution in [2.24, 2.45) is 16.1 Å². The van der Waals surface area contributed by atoms with Gasteiger partial charge in [-0.25, -0.2) is 9.79 Å². The van der Waals surface area contributed by atoms with E-state index in [2.05, 4.69) is 4.99 Å². The highest BCUT2D eigenvalue weighted by Crippen LogP contribution is 2.42. The molecule has 2 N–H and O–H groups in total. The number of ether oxygens (including phenoxy) is 1. The van der Waals surface area contributed by atoms with Crippen molar-refractivity contribution in [2.45, 2.75) is 33.2 Å². The molecule has 2 rings (SSSR count). The van der Waals surface area contributed by atoms with Gasteiger partial charge in [-0.3, -0.25) is 4.79 Å². The maximum absolute atomic E-state index is 12.7. The Hall–Kier alpha value is -1.95. The van der Waals surface area contributed by atoms with Crippen LogP contribution in [0.2, 0.25) is 0 Å². The molecule has 1 unspecified atom stereocenters. The van der Waals surface area contributed by atoms with Gasteiger partial charge in [0.25, 0.3) is 0 Å². The van der Waals surface area contributed by atoms with Crippen LogP contribution < -0.4 is 5.73 Å². The molecule has 6 heteroatoms. The van der Waals surface area contributed by atoms with Gasteiger partial charge in [-0.05, 0) is 18.8 Å². The highest BCUT2D eigenvalue weighted by atomic mass is 16.5. The third kappa shape index (κ3) is 2.70. The predicted octanol–water partition coefficient (Wildman–Crippen LogP) is 1.03. The molecular formula is C16H23N3O3. The number of allylic oxidation sites excluding steroid dienone is 1. The predicted molar refractivity (Wildman–Crippen MR) is 84.2 cm³/mol. The second kappa shape index (κ2) is 5.68. The molecule has 0 bridgehead atoms. The summed E-state index contributed by atoms with van der Waals surface area (Å²) in [6.07, 6.45) is 2.28. The molecule has 0 saturated carbocycles. The second-order valence-corrected chi connectivity index (χ2v) is 6.52.